The maximum absolute atomic E-state index is 11.0. The van der Waals surface area contributed by atoms with Crippen molar-refractivity contribution in [1.82, 2.24) is 4.90 Å². The maximum Gasteiger partial charge on any atom is 0.320 e. The van der Waals surface area contributed by atoms with E-state index in [4.69, 9.17) is 14.6 Å². The minimum Gasteiger partial charge on any atom is -0.486 e. The fourth-order valence-corrected chi connectivity index (χ4v) is 2.81. The van der Waals surface area contributed by atoms with Crippen molar-refractivity contribution in [3.05, 3.63) is 18.2 Å². The molecule has 1 saturated heterocycles. The van der Waals surface area contributed by atoms with Crippen LogP contribution in [-0.2, 0) is 4.79 Å². The van der Waals surface area contributed by atoms with Gasteiger partial charge in [-0.2, -0.15) is 0 Å². The molecule has 0 aromatic heterocycles. The lowest BCUT2D eigenvalue weighted by atomic mass is 10.2. The maximum atomic E-state index is 11.0. The van der Waals surface area contributed by atoms with Crippen LogP contribution in [0.15, 0.2) is 18.2 Å². The zero-order chi connectivity index (χ0) is 14.8. The molecule has 21 heavy (non-hydrogen) atoms. The van der Waals surface area contributed by atoms with E-state index in [1.807, 2.05) is 23.1 Å². The van der Waals surface area contributed by atoms with E-state index in [0.717, 1.165) is 43.4 Å². The average Bonchev–Trinajstić information content (AvgIpc) is 2.53. The molecule has 1 aromatic rings. The van der Waals surface area contributed by atoms with Crippen LogP contribution in [0.1, 0.15) is 6.92 Å². The van der Waals surface area contributed by atoms with Crippen LogP contribution in [0.2, 0.25) is 0 Å². The molecule has 0 spiro atoms. The second kappa shape index (κ2) is 5.81. The highest BCUT2D eigenvalue weighted by molar-refractivity contribution is 5.73. The van der Waals surface area contributed by atoms with Crippen molar-refractivity contribution in [3.63, 3.8) is 0 Å². The second-order valence-corrected chi connectivity index (χ2v) is 5.34. The molecule has 1 atom stereocenters. The Morgan fingerprint density at radius 1 is 1.19 bits per heavy atom. The third-order valence-electron chi connectivity index (χ3n) is 4.11. The first-order valence-electron chi connectivity index (χ1n) is 7.27. The molecule has 0 radical (unpaired) electrons. The predicted molar refractivity (Wildman–Crippen MR) is 78.3 cm³/mol. The SMILES string of the molecule is C[C@H](C(=O)O)N1CCN(c2cccc3c2OCCO3)CC1. The summed E-state index contributed by atoms with van der Waals surface area (Å²) in [5, 5.41) is 9.08. The summed E-state index contributed by atoms with van der Waals surface area (Å²) >= 11 is 0. The van der Waals surface area contributed by atoms with Gasteiger partial charge in [0.25, 0.3) is 0 Å². The predicted octanol–water partition coefficient (Wildman–Crippen LogP) is 1.05. The Hall–Kier alpha value is -1.95. The van der Waals surface area contributed by atoms with Crippen molar-refractivity contribution in [2.45, 2.75) is 13.0 Å². The highest BCUT2D eigenvalue weighted by atomic mass is 16.6. The van der Waals surface area contributed by atoms with Gasteiger partial charge >= 0.3 is 5.97 Å². The number of hydrogen-bond donors (Lipinski definition) is 1. The van der Waals surface area contributed by atoms with Gasteiger partial charge in [-0.15, -0.1) is 0 Å². The molecule has 2 aliphatic rings. The minimum absolute atomic E-state index is 0.434. The summed E-state index contributed by atoms with van der Waals surface area (Å²) in [4.78, 5) is 15.3. The van der Waals surface area contributed by atoms with Gasteiger partial charge < -0.3 is 19.5 Å². The van der Waals surface area contributed by atoms with E-state index in [1.165, 1.54) is 0 Å². The van der Waals surface area contributed by atoms with Crippen molar-refractivity contribution >= 4 is 11.7 Å². The van der Waals surface area contributed by atoms with E-state index in [9.17, 15) is 4.79 Å². The lowest BCUT2D eigenvalue weighted by Gasteiger charge is -2.38. The zero-order valence-corrected chi connectivity index (χ0v) is 12.1. The van der Waals surface area contributed by atoms with Crippen molar-refractivity contribution in [1.29, 1.82) is 0 Å². The Bertz CT molecular complexity index is 526. The Morgan fingerprint density at radius 3 is 2.62 bits per heavy atom. The number of carboxylic acids is 1. The number of piperazine rings is 1. The summed E-state index contributed by atoms with van der Waals surface area (Å²) in [5.74, 6) is 0.834. The molecule has 0 amide bonds. The monoisotopic (exact) mass is 292 g/mol. The molecule has 0 unspecified atom stereocenters. The molecule has 0 saturated carbocycles. The van der Waals surface area contributed by atoms with Crippen molar-refractivity contribution in [3.8, 4) is 11.5 Å². The van der Waals surface area contributed by atoms with E-state index < -0.39 is 12.0 Å². The third-order valence-corrected chi connectivity index (χ3v) is 4.11. The van der Waals surface area contributed by atoms with Crippen molar-refractivity contribution < 1.29 is 19.4 Å². The van der Waals surface area contributed by atoms with Crippen LogP contribution in [0.5, 0.6) is 11.5 Å². The Morgan fingerprint density at radius 2 is 1.90 bits per heavy atom. The highest BCUT2D eigenvalue weighted by Crippen LogP contribution is 2.39. The van der Waals surface area contributed by atoms with E-state index in [1.54, 1.807) is 6.92 Å². The number of fused-ring (bicyclic) bond motifs is 1. The second-order valence-electron chi connectivity index (χ2n) is 5.34. The minimum atomic E-state index is -0.766. The van der Waals surface area contributed by atoms with Crippen LogP contribution in [0.4, 0.5) is 5.69 Å². The molecule has 3 rings (SSSR count). The summed E-state index contributed by atoms with van der Waals surface area (Å²) in [5.41, 5.74) is 1.04. The first-order chi connectivity index (χ1) is 10.2. The molecule has 6 heteroatoms. The lowest BCUT2D eigenvalue weighted by Crippen LogP contribution is -2.51. The van der Waals surface area contributed by atoms with Gasteiger partial charge in [-0.25, -0.2) is 0 Å². The first kappa shape index (κ1) is 14.0. The molecular weight excluding hydrogens is 272 g/mol. The van der Waals surface area contributed by atoms with Gasteiger partial charge in [-0.05, 0) is 19.1 Å². The first-order valence-corrected chi connectivity index (χ1v) is 7.27. The normalized spacial score (nSPS) is 20.1. The molecule has 1 aromatic carbocycles. The fourth-order valence-electron chi connectivity index (χ4n) is 2.81. The van der Waals surface area contributed by atoms with Crippen molar-refractivity contribution in [2.24, 2.45) is 0 Å². The van der Waals surface area contributed by atoms with Crippen LogP contribution in [-0.4, -0.2) is 61.4 Å². The zero-order valence-electron chi connectivity index (χ0n) is 12.1. The quantitative estimate of drug-likeness (QED) is 0.898. The van der Waals surface area contributed by atoms with Crippen molar-refractivity contribution in [2.75, 3.05) is 44.3 Å². The molecule has 1 N–H and O–H groups in total. The van der Waals surface area contributed by atoms with Gasteiger partial charge in [0, 0.05) is 26.2 Å². The van der Waals surface area contributed by atoms with E-state index in [-0.39, 0.29) is 0 Å². The number of nitrogens with zero attached hydrogens (tertiary/aromatic N) is 2. The van der Waals surface area contributed by atoms with E-state index in [0.29, 0.717) is 13.2 Å². The summed E-state index contributed by atoms with van der Waals surface area (Å²) < 4.78 is 11.4. The number of benzene rings is 1. The third kappa shape index (κ3) is 2.76. The van der Waals surface area contributed by atoms with Gasteiger partial charge in [0.2, 0.25) is 0 Å². The highest BCUT2D eigenvalue weighted by Gasteiger charge is 2.27. The van der Waals surface area contributed by atoms with Crippen LogP contribution >= 0.6 is 0 Å². The molecule has 6 nitrogen and oxygen atoms in total. The van der Waals surface area contributed by atoms with Crippen LogP contribution in [0.25, 0.3) is 0 Å². The van der Waals surface area contributed by atoms with Gasteiger partial charge in [0.05, 0.1) is 5.69 Å². The molecule has 2 heterocycles. The lowest BCUT2D eigenvalue weighted by molar-refractivity contribution is -0.142. The molecule has 1 fully saturated rings. The number of ether oxygens (including phenoxy) is 2. The van der Waals surface area contributed by atoms with Crippen LogP contribution < -0.4 is 14.4 Å². The van der Waals surface area contributed by atoms with Crippen LogP contribution in [0, 0.1) is 0 Å². The van der Waals surface area contributed by atoms with Gasteiger partial charge in [-0.1, -0.05) is 6.07 Å². The van der Waals surface area contributed by atoms with E-state index >= 15 is 0 Å². The van der Waals surface area contributed by atoms with Gasteiger partial charge in [0.15, 0.2) is 11.5 Å². The topological polar surface area (TPSA) is 62.2 Å². The number of hydrogen-bond acceptors (Lipinski definition) is 5. The summed E-state index contributed by atoms with van der Waals surface area (Å²) in [7, 11) is 0. The molecule has 0 aliphatic carbocycles. The number of para-hydroxylation sites is 1. The summed E-state index contributed by atoms with van der Waals surface area (Å²) in [6.45, 7) is 5.94. The molecule has 114 valence electrons. The fraction of sp³-hybridized carbons (Fsp3) is 0.533. The number of anilines is 1. The average molecular weight is 292 g/mol. The van der Waals surface area contributed by atoms with Gasteiger partial charge in [0.1, 0.15) is 19.3 Å². The number of carbonyl (C=O) groups is 1. The van der Waals surface area contributed by atoms with E-state index in [2.05, 4.69) is 4.90 Å². The summed E-state index contributed by atoms with van der Waals surface area (Å²) in [6, 6.07) is 5.48. The number of carboxylic acid groups (broad SMARTS) is 1. The Balaban J connectivity index is 1.71. The Labute approximate surface area is 123 Å². The van der Waals surface area contributed by atoms with Gasteiger partial charge in [-0.3, -0.25) is 9.69 Å². The largest absolute Gasteiger partial charge is 0.486 e. The Kier molecular flexibility index (Phi) is 3.88. The molecular formula is C15H20N2O4. The molecule has 2 aliphatic heterocycles. The molecule has 0 bridgehead atoms. The smallest absolute Gasteiger partial charge is 0.320 e. The van der Waals surface area contributed by atoms with Crippen LogP contribution in [0.3, 0.4) is 0 Å². The summed E-state index contributed by atoms with van der Waals surface area (Å²) in [6.07, 6.45) is 0. The number of aliphatic carboxylic acids is 1. The standard InChI is InChI=1S/C15H20N2O4/c1-11(15(18)19)16-5-7-17(8-6-16)12-3-2-4-13-14(12)21-10-9-20-13/h2-4,11H,5-10H2,1H3,(H,18,19)/t11-/m1/s1. The number of rotatable bonds is 3.